The number of nitrogens with zero attached hydrogens (tertiary/aromatic N) is 2. The minimum atomic E-state index is -0.549. The van der Waals surface area contributed by atoms with E-state index in [-0.39, 0.29) is 11.4 Å². The molecule has 7 nitrogen and oxygen atoms in total. The second-order valence-electron chi connectivity index (χ2n) is 5.41. The normalized spacial score (nSPS) is 10.2. The van der Waals surface area contributed by atoms with Gasteiger partial charge in [-0.1, -0.05) is 12.1 Å². The zero-order chi connectivity index (χ0) is 19.2. The third kappa shape index (κ3) is 4.30. The summed E-state index contributed by atoms with van der Waals surface area (Å²) in [5.41, 5.74) is 0.799. The maximum atomic E-state index is 13.7. The van der Waals surface area contributed by atoms with Gasteiger partial charge in [0.05, 0.1) is 25.6 Å². The van der Waals surface area contributed by atoms with E-state index < -0.39 is 11.7 Å². The number of methoxy groups -OCH3 is 2. The molecule has 0 atom stereocenters. The number of hydrogen-bond donors (Lipinski definition) is 2. The lowest BCUT2D eigenvalue weighted by Crippen LogP contribution is -2.15. The van der Waals surface area contributed by atoms with Crippen LogP contribution in [0.1, 0.15) is 10.5 Å². The molecule has 1 amide bonds. The number of anilines is 3. The monoisotopic (exact) mass is 368 g/mol. The van der Waals surface area contributed by atoms with Crippen LogP contribution in [0, 0.1) is 5.82 Å². The zero-order valence-corrected chi connectivity index (χ0v) is 14.7. The molecule has 3 rings (SSSR count). The number of rotatable bonds is 6. The van der Waals surface area contributed by atoms with Crippen molar-refractivity contribution in [1.82, 2.24) is 9.97 Å². The molecule has 3 aromatic rings. The Labute approximate surface area is 155 Å². The Balaban J connectivity index is 1.80. The second-order valence-corrected chi connectivity index (χ2v) is 5.41. The van der Waals surface area contributed by atoms with Crippen LogP contribution >= 0.6 is 0 Å². The quantitative estimate of drug-likeness (QED) is 0.691. The van der Waals surface area contributed by atoms with Gasteiger partial charge in [0.1, 0.15) is 35.2 Å². The largest absolute Gasteiger partial charge is 0.497 e. The van der Waals surface area contributed by atoms with Crippen LogP contribution in [0.25, 0.3) is 0 Å². The van der Waals surface area contributed by atoms with Crippen molar-refractivity contribution in [3.8, 4) is 11.5 Å². The minimum absolute atomic E-state index is 0.0763. The Morgan fingerprint density at radius 2 is 1.81 bits per heavy atom. The van der Waals surface area contributed by atoms with Crippen LogP contribution in [0.3, 0.4) is 0 Å². The molecule has 27 heavy (non-hydrogen) atoms. The highest BCUT2D eigenvalue weighted by molar-refractivity contribution is 6.03. The van der Waals surface area contributed by atoms with Gasteiger partial charge in [-0.2, -0.15) is 0 Å². The van der Waals surface area contributed by atoms with Crippen molar-refractivity contribution in [2.24, 2.45) is 0 Å². The topological polar surface area (TPSA) is 85.4 Å². The summed E-state index contributed by atoms with van der Waals surface area (Å²) in [5, 5.41) is 5.54. The zero-order valence-electron chi connectivity index (χ0n) is 14.7. The maximum Gasteiger partial charge on any atom is 0.274 e. The van der Waals surface area contributed by atoms with Gasteiger partial charge in [0.25, 0.3) is 5.91 Å². The van der Waals surface area contributed by atoms with E-state index in [4.69, 9.17) is 9.47 Å². The first kappa shape index (κ1) is 18.1. The molecule has 0 fully saturated rings. The number of ether oxygens (including phenoxy) is 2. The first-order valence-electron chi connectivity index (χ1n) is 7.97. The summed E-state index contributed by atoms with van der Waals surface area (Å²) >= 11 is 0. The molecule has 0 unspecified atom stereocenters. The molecule has 2 aromatic carbocycles. The number of hydrogen-bond acceptors (Lipinski definition) is 6. The Kier molecular flexibility index (Phi) is 5.46. The van der Waals surface area contributed by atoms with Gasteiger partial charge in [-0.3, -0.25) is 4.79 Å². The highest BCUT2D eigenvalue weighted by atomic mass is 19.1. The fraction of sp³-hybridized carbons (Fsp3) is 0.105. The van der Waals surface area contributed by atoms with E-state index in [1.807, 2.05) is 0 Å². The minimum Gasteiger partial charge on any atom is -0.497 e. The van der Waals surface area contributed by atoms with Crippen molar-refractivity contribution in [2.45, 2.75) is 0 Å². The standard InChI is InChI=1S/C19H17FN4O3/c1-26-12-7-8-15(17(9-12)27-2)23-18-10-16(21-11-22-18)19(25)24-14-6-4-3-5-13(14)20/h3-11H,1-2H3,(H,24,25)(H,21,22,23). The molecule has 0 aliphatic heterocycles. The Morgan fingerprint density at radius 1 is 1.00 bits per heavy atom. The lowest BCUT2D eigenvalue weighted by molar-refractivity contribution is 0.102. The summed E-state index contributed by atoms with van der Waals surface area (Å²) in [4.78, 5) is 20.4. The van der Waals surface area contributed by atoms with Crippen LogP contribution in [0.5, 0.6) is 11.5 Å². The maximum absolute atomic E-state index is 13.7. The fourth-order valence-electron chi connectivity index (χ4n) is 2.34. The summed E-state index contributed by atoms with van der Waals surface area (Å²) in [6.07, 6.45) is 1.24. The number of aromatic nitrogens is 2. The Morgan fingerprint density at radius 3 is 2.56 bits per heavy atom. The van der Waals surface area contributed by atoms with E-state index >= 15 is 0 Å². The van der Waals surface area contributed by atoms with Gasteiger partial charge in [0.2, 0.25) is 0 Å². The van der Waals surface area contributed by atoms with E-state index in [1.54, 1.807) is 37.4 Å². The third-order valence-corrected chi connectivity index (χ3v) is 3.69. The van der Waals surface area contributed by atoms with Crippen LogP contribution in [-0.4, -0.2) is 30.1 Å². The van der Waals surface area contributed by atoms with E-state index in [9.17, 15) is 9.18 Å². The van der Waals surface area contributed by atoms with Gasteiger partial charge >= 0.3 is 0 Å². The molecule has 0 radical (unpaired) electrons. The predicted molar refractivity (Wildman–Crippen MR) is 99.2 cm³/mol. The SMILES string of the molecule is COc1ccc(Nc2cc(C(=O)Nc3ccccc3F)ncn2)c(OC)c1. The van der Waals surface area contributed by atoms with Gasteiger partial charge in [-0.05, 0) is 24.3 Å². The molecular formula is C19H17FN4O3. The van der Waals surface area contributed by atoms with Crippen molar-refractivity contribution < 1.29 is 18.7 Å². The molecule has 1 aromatic heterocycles. The summed E-state index contributed by atoms with van der Waals surface area (Å²) in [5.74, 6) is 0.496. The molecule has 0 aliphatic carbocycles. The summed E-state index contributed by atoms with van der Waals surface area (Å²) in [7, 11) is 3.10. The number of carbonyl (C=O) groups excluding carboxylic acids is 1. The molecule has 8 heteroatoms. The van der Waals surface area contributed by atoms with Crippen molar-refractivity contribution in [3.63, 3.8) is 0 Å². The second kappa shape index (κ2) is 8.13. The van der Waals surface area contributed by atoms with Crippen molar-refractivity contribution >= 4 is 23.1 Å². The van der Waals surface area contributed by atoms with Crippen molar-refractivity contribution in [2.75, 3.05) is 24.9 Å². The van der Waals surface area contributed by atoms with E-state index in [1.165, 1.54) is 31.6 Å². The van der Waals surface area contributed by atoms with Crippen LogP contribution in [-0.2, 0) is 0 Å². The number of para-hydroxylation sites is 1. The molecule has 0 aliphatic rings. The third-order valence-electron chi connectivity index (χ3n) is 3.69. The van der Waals surface area contributed by atoms with Gasteiger partial charge in [-0.15, -0.1) is 0 Å². The van der Waals surface area contributed by atoms with Crippen LogP contribution in [0.15, 0.2) is 54.9 Å². The summed E-state index contributed by atoms with van der Waals surface area (Å²) in [6.45, 7) is 0. The number of nitrogens with one attached hydrogen (secondary N) is 2. The average Bonchev–Trinajstić information content (AvgIpc) is 2.70. The van der Waals surface area contributed by atoms with Gasteiger partial charge in [0, 0.05) is 12.1 Å². The molecule has 0 bridgehead atoms. The first-order valence-corrected chi connectivity index (χ1v) is 7.97. The molecule has 0 spiro atoms. The molecule has 0 saturated heterocycles. The van der Waals surface area contributed by atoms with Crippen LogP contribution in [0.2, 0.25) is 0 Å². The van der Waals surface area contributed by atoms with E-state index in [2.05, 4.69) is 20.6 Å². The number of benzene rings is 2. The molecule has 138 valence electrons. The van der Waals surface area contributed by atoms with E-state index in [0.29, 0.717) is 23.0 Å². The smallest absolute Gasteiger partial charge is 0.274 e. The molecular weight excluding hydrogens is 351 g/mol. The van der Waals surface area contributed by atoms with Crippen molar-refractivity contribution in [3.05, 3.63) is 66.4 Å². The number of carbonyl (C=O) groups is 1. The Bertz CT molecular complexity index is 965. The highest BCUT2D eigenvalue weighted by Crippen LogP contribution is 2.31. The average molecular weight is 368 g/mol. The molecule has 2 N–H and O–H groups in total. The van der Waals surface area contributed by atoms with Gasteiger partial charge in [0.15, 0.2) is 0 Å². The first-order chi connectivity index (χ1) is 13.1. The number of amides is 1. The van der Waals surface area contributed by atoms with Gasteiger partial charge < -0.3 is 20.1 Å². The fourth-order valence-corrected chi connectivity index (χ4v) is 2.34. The molecule has 1 heterocycles. The number of halogens is 1. The summed E-state index contributed by atoms with van der Waals surface area (Å²) in [6, 6.07) is 12.6. The highest BCUT2D eigenvalue weighted by Gasteiger charge is 2.12. The van der Waals surface area contributed by atoms with Gasteiger partial charge in [-0.25, -0.2) is 14.4 Å². The lowest BCUT2D eigenvalue weighted by Gasteiger charge is -2.12. The van der Waals surface area contributed by atoms with Crippen LogP contribution < -0.4 is 20.1 Å². The van der Waals surface area contributed by atoms with Crippen molar-refractivity contribution in [1.29, 1.82) is 0 Å². The van der Waals surface area contributed by atoms with E-state index in [0.717, 1.165) is 0 Å². The lowest BCUT2D eigenvalue weighted by atomic mass is 10.2. The van der Waals surface area contributed by atoms with Crippen LogP contribution in [0.4, 0.5) is 21.6 Å². The summed E-state index contributed by atoms with van der Waals surface area (Å²) < 4.78 is 24.2. The Hall–Kier alpha value is -3.68. The predicted octanol–water partition coefficient (Wildman–Crippen LogP) is 3.63. The molecule has 0 saturated carbocycles.